The van der Waals surface area contributed by atoms with Gasteiger partial charge in [-0.1, -0.05) is 96.1 Å². The van der Waals surface area contributed by atoms with Crippen LogP contribution in [0.2, 0.25) is 0 Å². The molecule has 2 heterocycles. The molecule has 0 saturated carbocycles. The third kappa shape index (κ3) is 7.49. The van der Waals surface area contributed by atoms with E-state index in [4.69, 9.17) is 29.4 Å². The normalized spacial score (nSPS) is 24.8. The van der Waals surface area contributed by atoms with Crippen molar-refractivity contribution in [2.75, 3.05) is 0 Å². The zero-order chi connectivity index (χ0) is 39.6. The number of benzene rings is 2. The fraction of sp³-hybridized carbons (Fsp3) is 0.306. The van der Waals surface area contributed by atoms with Gasteiger partial charge in [-0.25, -0.2) is 9.97 Å². The van der Waals surface area contributed by atoms with Crippen LogP contribution in [0.3, 0.4) is 0 Å². The summed E-state index contributed by atoms with van der Waals surface area (Å²) in [5, 5.41) is 0. The molecule has 57 heavy (non-hydrogen) atoms. The van der Waals surface area contributed by atoms with Crippen LogP contribution in [0.15, 0.2) is 142 Å². The molecule has 0 N–H and O–H groups in total. The van der Waals surface area contributed by atoms with Crippen LogP contribution in [0, 0.1) is 11.8 Å². The topological polar surface area (TPSA) is 103 Å². The highest BCUT2D eigenvalue weighted by atomic mass is 16.5. The Bertz CT molecular complexity index is 2230. The highest BCUT2D eigenvalue weighted by molar-refractivity contribution is 5.81. The van der Waals surface area contributed by atoms with Crippen molar-refractivity contribution in [3.63, 3.8) is 0 Å². The average Bonchev–Trinajstić information content (AvgIpc) is 3.19. The fourth-order valence-corrected chi connectivity index (χ4v) is 9.45. The standard InChI is InChI=1S/C49H48N4O4/c1-5-38-36-24-32(3)28-48(38,50-30-34-14-9-7-10-15-34)40-20-22-44(52-42(40)26-36)56-46(54)18-13-19-47(55)57-45-23-21-41-43(53-45)27-37-25-33(4)29-49(41,39(37)6-2)51-31-35-16-11-8-12-17-35/h5-12,14-17,20-25,30-31,36-37H,13,18-19,26-29H2,1-4H3/b38-5+,39-6+,50-30?,51-31?. The molecule has 8 heteroatoms. The molecule has 4 unspecified atom stereocenters. The number of aromatic nitrogens is 2. The number of ether oxygens (including phenoxy) is 2. The van der Waals surface area contributed by atoms with E-state index < -0.39 is 23.0 Å². The van der Waals surface area contributed by atoms with Gasteiger partial charge in [-0.3, -0.25) is 19.6 Å². The van der Waals surface area contributed by atoms with Gasteiger partial charge in [0.25, 0.3) is 0 Å². The van der Waals surface area contributed by atoms with E-state index in [-0.39, 0.29) is 42.9 Å². The lowest BCUT2D eigenvalue weighted by Gasteiger charge is -2.45. The molecule has 4 aliphatic rings. The molecule has 0 radical (unpaired) electrons. The van der Waals surface area contributed by atoms with E-state index in [1.807, 2.05) is 61.0 Å². The molecule has 0 fully saturated rings. The van der Waals surface area contributed by atoms with Crippen molar-refractivity contribution < 1.29 is 19.1 Å². The molecule has 4 aliphatic carbocycles. The summed E-state index contributed by atoms with van der Waals surface area (Å²) >= 11 is 0. The zero-order valence-electron chi connectivity index (χ0n) is 33.1. The molecular weight excluding hydrogens is 709 g/mol. The van der Waals surface area contributed by atoms with Crippen molar-refractivity contribution in [2.45, 2.75) is 83.7 Å². The van der Waals surface area contributed by atoms with Crippen molar-refractivity contribution in [3.05, 3.63) is 165 Å². The van der Waals surface area contributed by atoms with Gasteiger partial charge in [0, 0.05) is 86.0 Å². The monoisotopic (exact) mass is 756 g/mol. The number of allylic oxidation sites excluding steroid dienone is 4. The third-order valence-electron chi connectivity index (χ3n) is 11.7. The van der Waals surface area contributed by atoms with Crippen LogP contribution < -0.4 is 9.47 Å². The van der Waals surface area contributed by atoms with Crippen LogP contribution in [0.5, 0.6) is 11.8 Å². The highest BCUT2D eigenvalue weighted by Crippen LogP contribution is 2.54. The Labute approximate surface area is 334 Å². The Balaban J connectivity index is 0.914. The SMILES string of the molecule is C/C=C1\C2C=C(C)CC1(N=Cc1ccccc1)c1ccc(OC(=O)CCCC(=O)Oc3ccc4c(n3)CC3C=C(C)CC4(N=Cc4ccccc4)/C3=C/C)nc1C2. The summed E-state index contributed by atoms with van der Waals surface area (Å²) in [6.07, 6.45) is 16.2. The maximum absolute atomic E-state index is 13.0. The number of aliphatic imine (C=N–C) groups is 2. The molecule has 288 valence electrons. The lowest BCUT2D eigenvalue weighted by atomic mass is 9.63. The molecule has 2 aromatic heterocycles. The van der Waals surface area contributed by atoms with Gasteiger partial charge in [-0.15, -0.1) is 0 Å². The minimum atomic E-state index is -0.563. The smallest absolute Gasteiger partial charge is 0.312 e. The Morgan fingerprint density at radius 3 is 1.47 bits per heavy atom. The summed E-state index contributed by atoms with van der Waals surface area (Å²) in [4.78, 5) is 46.2. The predicted octanol–water partition coefficient (Wildman–Crippen LogP) is 9.72. The molecule has 0 spiro atoms. The van der Waals surface area contributed by atoms with E-state index in [1.165, 1.54) is 22.3 Å². The van der Waals surface area contributed by atoms with Gasteiger partial charge in [0.15, 0.2) is 0 Å². The van der Waals surface area contributed by atoms with Gasteiger partial charge in [0.2, 0.25) is 11.8 Å². The molecular formula is C49H48N4O4. The zero-order valence-corrected chi connectivity index (χ0v) is 33.1. The first-order valence-electron chi connectivity index (χ1n) is 20.0. The minimum absolute atomic E-state index is 0.0471. The van der Waals surface area contributed by atoms with Gasteiger partial charge in [0.1, 0.15) is 11.1 Å². The molecule has 0 aliphatic heterocycles. The minimum Gasteiger partial charge on any atom is -0.407 e. The number of nitrogens with zero attached hydrogens (tertiary/aromatic N) is 4. The van der Waals surface area contributed by atoms with Crippen molar-refractivity contribution in [3.8, 4) is 11.8 Å². The first-order chi connectivity index (χ1) is 27.7. The largest absolute Gasteiger partial charge is 0.407 e. The van der Waals surface area contributed by atoms with Crippen LogP contribution in [0.1, 0.15) is 93.4 Å². The predicted molar refractivity (Wildman–Crippen MR) is 224 cm³/mol. The van der Waals surface area contributed by atoms with Gasteiger partial charge < -0.3 is 9.47 Å². The fourth-order valence-electron chi connectivity index (χ4n) is 9.45. The number of hydrogen-bond donors (Lipinski definition) is 0. The number of carbonyl (C=O) groups is 2. The second kappa shape index (κ2) is 15.8. The maximum atomic E-state index is 13.0. The molecule has 4 atom stereocenters. The molecule has 2 aromatic carbocycles. The van der Waals surface area contributed by atoms with E-state index in [1.54, 1.807) is 12.1 Å². The number of carbonyl (C=O) groups excluding carboxylic acids is 2. The van der Waals surface area contributed by atoms with E-state index in [2.05, 4.69) is 76.3 Å². The lowest BCUT2D eigenvalue weighted by Crippen LogP contribution is -2.40. The molecule has 4 bridgehead atoms. The third-order valence-corrected chi connectivity index (χ3v) is 11.7. The van der Waals surface area contributed by atoms with Gasteiger partial charge in [0.05, 0.1) is 11.4 Å². The van der Waals surface area contributed by atoms with E-state index in [0.29, 0.717) is 12.8 Å². The Kier molecular flexibility index (Phi) is 10.5. The Morgan fingerprint density at radius 2 is 1.07 bits per heavy atom. The van der Waals surface area contributed by atoms with Gasteiger partial charge >= 0.3 is 11.9 Å². The van der Waals surface area contributed by atoms with Crippen molar-refractivity contribution in [2.24, 2.45) is 21.8 Å². The van der Waals surface area contributed by atoms with Gasteiger partial charge in [-0.2, -0.15) is 0 Å². The highest BCUT2D eigenvalue weighted by Gasteiger charge is 2.48. The summed E-state index contributed by atoms with van der Waals surface area (Å²) in [6, 6.07) is 27.8. The average molecular weight is 757 g/mol. The summed E-state index contributed by atoms with van der Waals surface area (Å²) in [6.45, 7) is 8.50. The summed E-state index contributed by atoms with van der Waals surface area (Å²) in [5.74, 6) is -0.0538. The van der Waals surface area contributed by atoms with Crippen LogP contribution in [-0.2, 0) is 33.5 Å². The number of fused-ring (bicyclic) bond motifs is 8. The molecule has 8 nitrogen and oxygen atoms in total. The second-order valence-corrected chi connectivity index (χ2v) is 15.6. The maximum Gasteiger partial charge on any atom is 0.312 e. The second-order valence-electron chi connectivity index (χ2n) is 15.6. The van der Waals surface area contributed by atoms with E-state index >= 15 is 0 Å². The Hall–Kier alpha value is -6.02. The van der Waals surface area contributed by atoms with E-state index in [9.17, 15) is 9.59 Å². The summed E-state index contributed by atoms with van der Waals surface area (Å²) in [5.41, 5.74) is 9.94. The molecule has 8 rings (SSSR count). The van der Waals surface area contributed by atoms with E-state index in [0.717, 1.165) is 46.5 Å². The molecule has 0 amide bonds. The molecule has 4 aromatic rings. The summed E-state index contributed by atoms with van der Waals surface area (Å²) in [7, 11) is 0. The first kappa shape index (κ1) is 37.9. The van der Waals surface area contributed by atoms with Crippen LogP contribution in [0.25, 0.3) is 0 Å². The Morgan fingerprint density at radius 1 is 0.649 bits per heavy atom. The van der Waals surface area contributed by atoms with Crippen molar-refractivity contribution in [1.82, 2.24) is 9.97 Å². The van der Waals surface area contributed by atoms with Crippen LogP contribution >= 0.6 is 0 Å². The quantitative estimate of drug-likeness (QED) is 0.0907. The van der Waals surface area contributed by atoms with Crippen LogP contribution in [-0.4, -0.2) is 34.3 Å². The lowest BCUT2D eigenvalue weighted by molar-refractivity contribution is -0.136. The van der Waals surface area contributed by atoms with Crippen molar-refractivity contribution >= 4 is 24.4 Å². The summed E-state index contributed by atoms with van der Waals surface area (Å²) < 4.78 is 11.4. The first-order valence-corrected chi connectivity index (χ1v) is 20.0. The molecule has 0 saturated heterocycles. The number of rotatable bonds is 10. The van der Waals surface area contributed by atoms with Crippen molar-refractivity contribution in [1.29, 1.82) is 0 Å². The number of esters is 2. The van der Waals surface area contributed by atoms with Gasteiger partial charge in [-0.05, 0) is 68.5 Å². The number of hydrogen-bond acceptors (Lipinski definition) is 8. The van der Waals surface area contributed by atoms with Crippen LogP contribution in [0.4, 0.5) is 0 Å². The number of pyridine rings is 2.